The van der Waals surface area contributed by atoms with Crippen molar-refractivity contribution < 1.29 is 32.3 Å². The number of aliphatic hydroxyl groups excluding tert-OH is 1. The van der Waals surface area contributed by atoms with Crippen LogP contribution in [0.5, 0.6) is 0 Å². The Morgan fingerprint density at radius 2 is 1.97 bits per heavy atom. The van der Waals surface area contributed by atoms with E-state index in [-0.39, 0.29) is 46.7 Å². The average Bonchev–Trinajstić information content (AvgIpc) is 3.29. The number of carbonyl (C=O) groups is 2. The molecular formula is C21H18ClF4N5O3S. The maximum Gasteiger partial charge on any atom is 0.419 e. The number of alkyl halides is 3. The maximum absolute atomic E-state index is 13.4. The van der Waals surface area contributed by atoms with E-state index >= 15 is 0 Å². The third kappa shape index (κ3) is 6.50. The van der Waals surface area contributed by atoms with E-state index in [1.165, 1.54) is 6.20 Å². The highest BCUT2D eigenvalue weighted by Gasteiger charge is 2.34. The van der Waals surface area contributed by atoms with Crippen LogP contribution in [0, 0.1) is 5.82 Å². The summed E-state index contributed by atoms with van der Waals surface area (Å²) >= 11 is 7.15. The summed E-state index contributed by atoms with van der Waals surface area (Å²) in [6, 6.07) is 2.14. The normalized spacial score (nSPS) is 12.3. The summed E-state index contributed by atoms with van der Waals surface area (Å²) in [4.78, 5) is 37.3. The number of halogens is 5. The van der Waals surface area contributed by atoms with Gasteiger partial charge in [-0.15, -0.1) is 11.3 Å². The molecule has 1 unspecified atom stereocenters. The van der Waals surface area contributed by atoms with Gasteiger partial charge in [-0.1, -0.05) is 18.5 Å². The maximum atomic E-state index is 13.4. The van der Waals surface area contributed by atoms with E-state index in [2.05, 4.69) is 25.6 Å². The second-order valence-corrected chi connectivity index (χ2v) is 8.71. The Morgan fingerprint density at radius 1 is 1.23 bits per heavy atom. The number of aliphatic hydroxyl groups is 1. The average molecular weight is 532 g/mol. The van der Waals surface area contributed by atoms with Crippen LogP contribution >= 0.6 is 22.9 Å². The molecule has 0 aliphatic heterocycles. The van der Waals surface area contributed by atoms with E-state index in [0.717, 1.165) is 23.7 Å². The van der Waals surface area contributed by atoms with Crippen molar-refractivity contribution in [2.75, 3.05) is 23.8 Å². The molecule has 0 spiro atoms. The topological polar surface area (TPSA) is 117 Å². The molecule has 186 valence electrons. The van der Waals surface area contributed by atoms with Gasteiger partial charge in [0.2, 0.25) is 0 Å². The van der Waals surface area contributed by atoms with Gasteiger partial charge < -0.3 is 15.7 Å². The summed E-state index contributed by atoms with van der Waals surface area (Å²) in [5.74, 6) is -2.81. The quantitative estimate of drug-likeness (QED) is 0.269. The van der Waals surface area contributed by atoms with E-state index < -0.39 is 35.2 Å². The van der Waals surface area contributed by atoms with Crippen molar-refractivity contribution in [1.82, 2.24) is 15.0 Å². The molecule has 14 heteroatoms. The second-order valence-electron chi connectivity index (χ2n) is 7.27. The van der Waals surface area contributed by atoms with Crippen LogP contribution in [0.3, 0.4) is 0 Å². The van der Waals surface area contributed by atoms with Gasteiger partial charge in [0.15, 0.2) is 5.78 Å². The summed E-state index contributed by atoms with van der Waals surface area (Å²) in [5.41, 5.74) is -1.74. The first-order valence-electron chi connectivity index (χ1n) is 10.0. The van der Waals surface area contributed by atoms with E-state index in [1.54, 1.807) is 6.92 Å². The summed E-state index contributed by atoms with van der Waals surface area (Å²) in [6.07, 6.45) is -2.56. The van der Waals surface area contributed by atoms with Gasteiger partial charge in [-0.05, 0) is 18.2 Å². The molecule has 35 heavy (non-hydrogen) atoms. The minimum absolute atomic E-state index is 0.00915. The molecule has 8 nitrogen and oxygen atoms in total. The Morgan fingerprint density at radius 3 is 2.66 bits per heavy atom. The van der Waals surface area contributed by atoms with Crippen molar-refractivity contribution in [2.45, 2.75) is 25.4 Å². The number of anilines is 2. The third-order valence-electron chi connectivity index (χ3n) is 4.65. The van der Waals surface area contributed by atoms with Gasteiger partial charge in [-0.3, -0.25) is 9.59 Å². The Bertz CT molecular complexity index is 1240. The zero-order valence-corrected chi connectivity index (χ0v) is 19.6. The van der Waals surface area contributed by atoms with Crippen LogP contribution in [0.4, 0.5) is 29.1 Å². The molecule has 3 aromatic rings. The molecule has 0 saturated carbocycles. The van der Waals surface area contributed by atoms with Gasteiger partial charge >= 0.3 is 6.18 Å². The lowest BCUT2D eigenvalue weighted by Crippen LogP contribution is -2.13. The minimum Gasteiger partial charge on any atom is -0.395 e. The molecule has 0 bridgehead atoms. The molecule has 0 aliphatic rings. The van der Waals surface area contributed by atoms with Crippen molar-refractivity contribution in [3.05, 3.63) is 62.7 Å². The van der Waals surface area contributed by atoms with Crippen molar-refractivity contribution >= 4 is 46.1 Å². The molecule has 1 atom stereocenters. The highest BCUT2D eigenvalue weighted by molar-refractivity contribution is 7.13. The van der Waals surface area contributed by atoms with Crippen molar-refractivity contribution in [2.24, 2.45) is 0 Å². The summed E-state index contributed by atoms with van der Waals surface area (Å²) in [5, 5.41) is 14.4. The fraction of sp³-hybridized carbons (Fsp3) is 0.286. The molecule has 3 N–H and O–H groups in total. The van der Waals surface area contributed by atoms with Crippen LogP contribution in [0.2, 0.25) is 5.02 Å². The highest BCUT2D eigenvalue weighted by atomic mass is 35.5. The predicted molar refractivity (Wildman–Crippen MR) is 121 cm³/mol. The number of Topliss-reactive ketones (excluding diaryl/α,β-unsaturated/α-hetero) is 1. The summed E-state index contributed by atoms with van der Waals surface area (Å²) in [7, 11) is 0. The van der Waals surface area contributed by atoms with Crippen molar-refractivity contribution in [1.29, 1.82) is 0 Å². The lowest BCUT2D eigenvalue weighted by atomic mass is 10.0. The number of ketones is 1. The van der Waals surface area contributed by atoms with Gasteiger partial charge in [0.1, 0.15) is 33.6 Å². The first kappa shape index (κ1) is 26.4. The van der Waals surface area contributed by atoms with E-state index in [0.29, 0.717) is 17.1 Å². The van der Waals surface area contributed by atoms with Gasteiger partial charge in [-0.2, -0.15) is 13.2 Å². The van der Waals surface area contributed by atoms with E-state index in [9.17, 15) is 27.2 Å². The Balaban J connectivity index is 1.69. The molecule has 2 heterocycles. The van der Waals surface area contributed by atoms with Crippen LogP contribution in [0.15, 0.2) is 30.7 Å². The smallest absolute Gasteiger partial charge is 0.395 e. The number of carbonyl (C=O) groups excluding carboxylic acids is 2. The van der Waals surface area contributed by atoms with Crippen LogP contribution < -0.4 is 10.6 Å². The highest BCUT2D eigenvalue weighted by Crippen LogP contribution is 2.33. The van der Waals surface area contributed by atoms with E-state index in [1.807, 2.05) is 0 Å². The Hall–Kier alpha value is -3.16. The van der Waals surface area contributed by atoms with E-state index in [4.69, 9.17) is 16.7 Å². The molecule has 0 radical (unpaired) electrons. The van der Waals surface area contributed by atoms with Crippen LogP contribution in [-0.2, 0) is 6.18 Å². The number of nitrogens with one attached hydrogen (secondary N) is 2. The summed E-state index contributed by atoms with van der Waals surface area (Å²) in [6.45, 7) is 1.72. The number of benzene rings is 1. The minimum atomic E-state index is -4.91. The SMILES string of the molecule is CC(CC(=O)c1ncnc(NCCO)c1Cl)c1ncc(C(=O)Nc2ccc(F)c(C(F)(F)F)c2)s1. The van der Waals surface area contributed by atoms with Gasteiger partial charge in [0.25, 0.3) is 5.91 Å². The standard InChI is InChI=1S/C21H18ClF4N5O3S/c1-10(6-14(33)17-16(22)18(27-4-5-32)30-9-29-17)20-28-8-15(35-20)19(34)31-11-2-3-13(23)12(7-11)21(24,25)26/h2-3,7-10,32H,4-6H2,1H3,(H,31,34)(H,27,29,30). The predicted octanol–water partition coefficient (Wildman–Crippen LogP) is 4.78. The second kappa shape index (κ2) is 11.1. The third-order valence-corrected chi connectivity index (χ3v) is 6.23. The van der Waals surface area contributed by atoms with Gasteiger partial charge in [-0.25, -0.2) is 19.3 Å². The number of amides is 1. The number of rotatable bonds is 9. The molecule has 3 rings (SSSR count). The zero-order chi connectivity index (χ0) is 25.8. The van der Waals surface area contributed by atoms with Gasteiger partial charge in [0, 0.05) is 24.6 Å². The van der Waals surface area contributed by atoms with Crippen LogP contribution in [0.1, 0.15) is 50.0 Å². The Labute approximate surface area is 205 Å². The lowest BCUT2D eigenvalue weighted by Gasteiger charge is -2.11. The lowest BCUT2D eigenvalue weighted by molar-refractivity contribution is -0.139. The zero-order valence-electron chi connectivity index (χ0n) is 18.0. The first-order chi connectivity index (χ1) is 16.5. The molecule has 0 saturated heterocycles. The van der Waals surface area contributed by atoms with Crippen LogP contribution in [-0.4, -0.2) is 44.9 Å². The summed E-state index contributed by atoms with van der Waals surface area (Å²) < 4.78 is 52.1. The van der Waals surface area contributed by atoms with Gasteiger partial charge in [0.05, 0.1) is 23.4 Å². The fourth-order valence-corrected chi connectivity index (χ4v) is 4.09. The fourth-order valence-electron chi connectivity index (χ4n) is 2.96. The monoisotopic (exact) mass is 531 g/mol. The molecule has 1 aromatic carbocycles. The molecule has 0 aliphatic carbocycles. The largest absolute Gasteiger partial charge is 0.419 e. The molecular weight excluding hydrogens is 514 g/mol. The number of aromatic nitrogens is 3. The molecule has 0 fully saturated rings. The molecule has 2 aromatic heterocycles. The number of thiazole rings is 1. The van der Waals surface area contributed by atoms with Crippen molar-refractivity contribution in [3.63, 3.8) is 0 Å². The molecule has 1 amide bonds. The van der Waals surface area contributed by atoms with Crippen molar-refractivity contribution in [3.8, 4) is 0 Å². The number of nitrogens with zero attached hydrogens (tertiary/aromatic N) is 3. The number of hydrogen-bond donors (Lipinski definition) is 3. The van der Waals surface area contributed by atoms with Crippen LogP contribution in [0.25, 0.3) is 0 Å². The first-order valence-corrected chi connectivity index (χ1v) is 11.2. The Kier molecular flexibility index (Phi) is 8.35. The number of hydrogen-bond acceptors (Lipinski definition) is 8.